The van der Waals surface area contributed by atoms with Crippen LogP contribution in [0.4, 0.5) is 4.79 Å². The van der Waals surface area contributed by atoms with Gasteiger partial charge in [-0.3, -0.25) is 4.79 Å². The number of carbonyl (C=O) groups is 2. The van der Waals surface area contributed by atoms with Crippen molar-refractivity contribution in [2.75, 3.05) is 13.7 Å². The lowest BCUT2D eigenvalue weighted by Gasteiger charge is -2.04. The molecule has 0 unspecified atom stereocenters. The second-order valence-electron chi connectivity index (χ2n) is 2.70. The van der Waals surface area contributed by atoms with Crippen molar-refractivity contribution in [1.82, 2.24) is 10.6 Å². The minimum atomic E-state index is -0.636. The molecule has 1 rings (SSSR count). The van der Waals surface area contributed by atoms with Gasteiger partial charge in [-0.1, -0.05) is 0 Å². The van der Waals surface area contributed by atoms with Crippen molar-refractivity contribution in [3.05, 3.63) is 24.2 Å². The Morgan fingerprint density at radius 1 is 1.47 bits per heavy atom. The van der Waals surface area contributed by atoms with E-state index in [-0.39, 0.29) is 12.5 Å². The summed E-state index contributed by atoms with van der Waals surface area (Å²) in [6.45, 7) is 0.183. The molecule has 0 saturated heterocycles. The number of hydrogen-bond acceptors (Lipinski definition) is 4. The largest absolute Gasteiger partial charge is 0.467 e. The molecule has 0 aliphatic heterocycles. The van der Waals surface area contributed by atoms with Crippen molar-refractivity contribution in [3.8, 4) is 0 Å². The summed E-state index contributed by atoms with van der Waals surface area (Å²) in [6.07, 6.45) is 0.886. The molecule has 2 N–H and O–H groups in total. The van der Waals surface area contributed by atoms with Crippen molar-refractivity contribution in [2.45, 2.75) is 6.54 Å². The number of methoxy groups -OCH3 is 1. The van der Waals surface area contributed by atoms with Gasteiger partial charge in [0.1, 0.15) is 12.3 Å². The molecule has 0 aliphatic rings. The van der Waals surface area contributed by atoms with Crippen LogP contribution in [0.2, 0.25) is 0 Å². The monoisotopic (exact) mass is 212 g/mol. The Bertz CT molecular complexity index is 321. The molecule has 0 atom stereocenters. The van der Waals surface area contributed by atoms with E-state index in [1.807, 2.05) is 0 Å². The molecule has 0 spiro atoms. The minimum absolute atomic E-state index is 0.118. The first kappa shape index (κ1) is 11.1. The molecule has 0 aromatic carbocycles. The fraction of sp³-hybridized carbons (Fsp3) is 0.333. The number of amides is 2. The normalized spacial score (nSPS) is 9.40. The molecular formula is C9H12N2O4. The van der Waals surface area contributed by atoms with E-state index in [9.17, 15) is 9.59 Å². The molecule has 0 saturated carbocycles. The average Bonchev–Trinajstić information content (AvgIpc) is 2.75. The highest BCUT2D eigenvalue weighted by atomic mass is 16.5. The predicted molar refractivity (Wildman–Crippen MR) is 51.0 cm³/mol. The molecule has 1 heterocycles. The third-order valence-corrected chi connectivity index (χ3v) is 1.62. The molecule has 6 heteroatoms. The number of hydrogen-bond donors (Lipinski definition) is 2. The first-order valence-corrected chi connectivity index (χ1v) is 4.33. The highest BCUT2D eigenvalue weighted by Gasteiger charge is 2.04. The van der Waals surface area contributed by atoms with E-state index in [1.54, 1.807) is 12.1 Å². The van der Waals surface area contributed by atoms with Crippen LogP contribution in [0.25, 0.3) is 0 Å². The van der Waals surface area contributed by atoms with Crippen LogP contribution in [0.5, 0.6) is 0 Å². The summed E-state index contributed by atoms with van der Waals surface area (Å²) in [5, 5.41) is 4.82. The lowest BCUT2D eigenvalue weighted by Crippen LogP contribution is -2.36. The summed E-state index contributed by atoms with van der Waals surface area (Å²) in [5.41, 5.74) is 0. The Morgan fingerprint density at radius 3 is 2.87 bits per heavy atom. The topological polar surface area (TPSA) is 80.6 Å². The maximum atomic E-state index is 11.1. The zero-order valence-electron chi connectivity index (χ0n) is 8.28. The van der Waals surface area contributed by atoms with Crippen LogP contribution >= 0.6 is 0 Å². The van der Waals surface area contributed by atoms with E-state index in [1.165, 1.54) is 13.4 Å². The summed E-state index contributed by atoms with van der Waals surface area (Å²) in [7, 11) is 1.23. The molecule has 2 amide bonds. The third kappa shape index (κ3) is 4.17. The maximum absolute atomic E-state index is 11.1. The van der Waals surface area contributed by atoms with Gasteiger partial charge in [0.25, 0.3) is 0 Å². The molecule has 15 heavy (non-hydrogen) atoms. The standard InChI is InChI=1S/C9H12N2O4/c1-14-9(13)11-6-8(12)10-5-7-3-2-4-15-7/h2-4H,5-6H2,1H3,(H,10,12)(H,11,13). The van der Waals surface area contributed by atoms with E-state index in [4.69, 9.17) is 4.42 Å². The molecule has 1 aromatic rings. The van der Waals surface area contributed by atoms with Crippen molar-refractivity contribution in [1.29, 1.82) is 0 Å². The fourth-order valence-corrected chi connectivity index (χ4v) is 0.886. The average molecular weight is 212 g/mol. The molecule has 0 bridgehead atoms. The third-order valence-electron chi connectivity index (χ3n) is 1.62. The number of carbonyl (C=O) groups excluding carboxylic acids is 2. The van der Waals surface area contributed by atoms with Crippen LogP contribution in [0.3, 0.4) is 0 Å². The second-order valence-corrected chi connectivity index (χ2v) is 2.70. The molecule has 82 valence electrons. The minimum Gasteiger partial charge on any atom is -0.467 e. The second kappa shape index (κ2) is 5.69. The van der Waals surface area contributed by atoms with Gasteiger partial charge in [-0.05, 0) is 12.1 Å². The zero-order valence-corrected chi connectivity index (χ0v) is 8.28. The van der Waals surface area contributed by atoms with Crippen LogP contribution in [-0.4, -0.2) is 25.7 Å². The maximum Gasteiger partial charge on any atom is 0.407 e. The molecule has 1 aromatic heterocycles. The van der Waals surface area contributed by atoms with Crippen LogP contribution in [0.1, 0.15) is 5.76 Å². The van der Waals surface area contributed by atoms with Gasteiger partial charge in [-0.2, -0.15) is 0 Å². The molecule has 0 radical (unpaired) electrons. The van der Waals surface area contributed by atoms with Crippen LogP contribution < -0.4 is 10.6 Å². The van der Waals surface area contributed by atoms with E-state index in [0.717, 1.165) is 0 Å². The number of alkyl carbamates (subject to hydrolysis) is 1. The van der Waals surface area contributed by atoms with Crippen molar-refractivity contribution >= 4 is 12.0 Å². The van der Waals surface area contributed by atoms with Gasteiger partial charge in [-0.25, -0.2) is 4.79 Å². The van der Waals surface area contributed by atoms with Crippen LogP contribution in [0.15, 0.2) is 22.8 Å². The summed E-state index contributed by atoms with van der Waals surface area (Å²) in [6, 6.07) is 3.47. The zero-order chi connectivity index (χ0) is 11.1. The van der Waals surface area contributed by atoms with Gasteiger partial charge in [0.15, 0.2) is 0 Å². The van der Waals surface area contributed by atoms with Crippen molar-refractivity contribution in [2.24, 2.45) is 0 Å². The number of furan rings is 1. The summed E-state index contributed by atoms with van der Waals surface area (Å²) < 4.78 is 9.31. The number of rotatable bonds is 4. The Labute approximate surface area is 86.6 Å². The summed E-state index contributed by atoms with van der Waals surface area (Å²) >= 11 is 0. The highest BCUT2D eigenvalue weighted by molar-refractivity contribution is 5.81. The lowest BCUT2D eigenvalue weighted by molar-refractivity contribution is -0.120. The Balaban J connectivity index is 2.16. The van der Waals surface area contributed by atoms with Gasteiger partial charge in [-0.15, -0.1) is 0 Å². The molecule has 0 aliphatic carbocycles. The first-order valence-electron chi connectivity index (χ1n) is 4.33. The SMILES string of the molecule is COC(=O)NCC(=O)NCc1ccco1. The summed E-state index contributed by atoms with van der Waals surface area (Å²) in [5.74, 6) is 0.346. The van der Waals surface area contributed by atoms with Crippen molar-refractivity contribution < 1.29 is 18.7 Å². The van der Waals surface area contributed by atoms with Crippen LogP contribution in [-0.2, 0) is 16.1 Å². The van der Waals surface area contributed by atoms with Gasteiger partial charge in [0.05, 0.1) is 19.9 Å². The highest BCUT2D eigenvalue weighted by Crippen LogP contribution is 1.97. The van der Waals surface area contributed by atoms with Gasteiger partial charge in [0.2, 0.25) is 5.91 Å². The first-order chi connectivity index (χ1) is 7.22. The van der Waals surface area contributed by atoms with Gasteiger partial charge >= 0.3 is 6.09 Å². The number of nitrogens with one attached hydrogen (secondary N) is 2. The van der Waals surface area contributed by atoms with Crippen LogP contribution in [0, 0.1) is 0 Å². The van der Waals surface area contributed by atoms with Gasteiger partial charge < -0.3 is 19.8 Å². The fourth-order valence-electron chi connectivity index (χ4n) is 0.886. The van der Waals surface area contributed by atoms with Gasteiger partial charge in [0, 0.05) is 0 Å². The Morgan fingerprint density at radius 2 is 2.27 bits per heavy atom. The molecular weight excluding hydrogens is 200 g/mol. The summed E-state index contributed by atoms with van der Waals surface area (Å²) in [4.78, 5) is 21.8. The van der Waals surface area contributed by atoms with E-state index < -0.39 is 6.09 Å². The lowest BCUT2D eigenvalue weighted by atomic mass is 10.4. The Hall–Kier alpha value is -1.98. The quantitative estimate of drug-likeness (QED) is 0.749. The smallest absolute Gasteiger partial charge is 0.407 e. The van der Waals surface area contributed by atoms with E-state index in [0.29, 0.717) is 12.3 Å². The molecule has 6 nitrogen and oxygen atoms in total. The van der Waals surface area contributed by atoms with E-state index >= 15 is 0 Å². The van der Waals surface area contributed by atoms with E-state index in [2.05, 4.69) is 15.4 Å². The predicted octanol–water partition coefficient (Wildman–Crippen LogP) is 0.252. The Kier molecular flexibility index (Phi) is 4.21. The van der Waals surface area contributed by atoms with Crippen molar-refractivity contribution in [3.63, 3.8) is 0 Å². The number of ether oxygens (including phenoxy) is 1. The molecule has 0 fully saturated rings.